The number of rotatable bonds is 6. The Labute approximate surface area is 370 Å². The summed E-state index contributed by atoms with van der Waals surface area (Å²) >= 11 is 6.08. The average molecular weight is 889 g/mol. The molecule has 0 aliphatic rings. The zero-order valence-electron chi connectivity index (χ0n) is 37.5. The number of aryl methyl sites for hydroxylation is 1. The fraction of sp³-hybridized carbons (Fsp3) is 0.391. The lowest BCUT2D eigenvalue weighted by molar-refractivity contribution is 0.100. The summed E-state index contributed by atoms with van der Waals surface area (Å²) in [4.78, 5) is 52.3. The molecule has 0 bridgehead atoms. The Morgan fingerprint density at radius 3 is 1.41 bits per heavy atom. The summed E-state index contributed by atoms with van der Waals surface area (Å²) in [5.74, 6) is -0.395. The summed E-state index contributed by atoms with van der Waals surface area (Å²) in [6.45, 7) is 31.7. The molecule has 0 unspecified atom stereocenters. The molecule has 0 saturated carbocycles. The standard InChI is InChI=1S/2C9H7NO2S.C8H11NS.C6H12O.C5H7NS.4C2H6.CH4/c2*1-5(11)6-4-10-7-2-3-13-9(7)8(6)12;1-7(2)5-9-8-3-4-10-6-8;1-4-7-5-6(2)3;1-4-5(6)2-3-7-4;4*1-2;/h2*2-4H,1H3,(H,10,12);3-6,9H,1-2H3;5H,4H2,1-3H3;2-3H,6H2,1H3;4*1-2H3;1H4. The number of hydrogen-bond donors (Lipinski definition) is 4. The summed E-state index contributed by atoms with van der Waals surface area (Å²) < 4.78 is 6.17. The van der Waals surface area contributed by atoms with E-state index in [4.69, 9.17) is 10.5 Å². The number of ether oxygens (including phenoxy) is 1. The van der Waals surface area contributed by atoms with Gasteiger partial charge in [-0.05, 0) is 113 Å². The van der Waals surface area contributed by atoms with E-state index in [1.807, 2.05) is 124 Å². The Kier molecular flexibility index (Phi) is 39.0. The molecule has 0 aliphatic heterocycles. The maximum absolute atomic E-state index is 11.6. The SMILES string of the molecule is C.CC.CC.CC.CC.CC(=O)c1c[nH]c2ccsc2c1=O.CC(=O)c1c[nH]c2ccsc2c1=O.CC(C)=CNc1ccsc1.CCOC=C(C)C.Cc1sccc1N. The molecule has 0 aliphatic carbocycles. The highest BCUT2D eigenvalue weighted by Gasteiger charge is 2.10. The lowest BCUT2D eigenvalue weighted by Gasteiger charge is -1.94. The van der Waals surface area contributed by atoms with Crippen molar-refractivity contribution in [2.24, 2.45) is 0 Å². The molecule has 0 atom stereocenters. The van der Waals surface area contributed by atoms with Crippen LogP contribution < -0.4 is 21.9 Å². The van der Waals surface area contributed by atoms with Crippen molar-refractivity contribution in [1.29, 1.82) is 0 Å². The third kappa shape index (κ3) is 24.8. The second-order valence-electron chi connectivity index (χ2n) is 11.0. The van der Waals surface area contributed by atoms with Gasteiger partial charge in [0.1, 0.15) is 0 Å². The molecule has 5 N–H and O–H groups in total. The second-order valence-corrected chi connectivity index (χ2v) is 14.7. The van der Waals surface area contributed by atoms with Crippen molar-refractivity contribution in [3.05, 3.63) is 124 Å². The minimum atomic E-state index is -0.198. The molecule has 0 saturated heterocycles. The number of nitrogens with one attached hydrogen (secondary N) is 3. The number of H-pyrrole nitrogens is 2. The van der Waals surface area contributed by atoms with Crippen LogP contribution in [0.25, 0.3) is 20.4 Å². The number of anilines is 2. The first-order valence-electron chi connectivity index (χ1n) is 19.4. The van der Waals surface area contributed by atoms with Gasteiger partial charge in [-0.15, -0.1) is 34.0 Å². The highest BCUT2D eigenvalue weighted by molar-refractivity contribution is 7.17. The Hall–Kier alpha value is -4.56. The Morgan fingerprint density at radius 1 is 0.695 bits per heavy atom. The molecular formula is C46H72N4O5S4. The zero-order chi connectivity index (χ0) is 45.2. The van der Waals surface area contributed by atoms with Gasteiger partial charge in [-0.3, -0.25) is 19.2 Å². The number of pyridine rings is 2. The third-order valence-corrected chi connectivity index (χ3v) is 9.54. The van der Waals surface area contributed by atoms with Crippen LogP contribution in [0.1, 0.15) is 137 Å². The van der Waals surface area contributed by atoms with E-state index in [2.05, 4.69) is 46.0 Å². The van der Waals surface area contributed by atoms with Crippen molar-refractivity contribution < 1.29 is 14.3 Å². The first kappa shape index (κ1) is 61.1. The number of fused-ring (bicyclic) bond motifs is 2. The van der Waals surface area contributed by atoms with Crippen molar-refractivity contribution in [2.75, 3.05) is 17.7 Å². The van der Waals surface area contributed by atoms with Crippen molar-refractivity contribution in [1.82, 2.24) is 9.97 Å². The Bertz CT molecular complexity index is 2010. The van der Waals surface area contributed by atoms with Crippen molar-refractivity contribution in [2.45, 2.75) is 118 Å². The largest absolute Gasteiger partial charge is 0.502 e. The summed E-state index contributed by atoms with van der Waals surface area (Å²) in [5, 5.41) is 13.0. The van der Waals surface area contributed by atoms with Crippen molar-refractivity contribution in [3.63, 3.8) is 0 Å². The number of aromatic amines is 2. The smallest absolute Gasteiger partial charge is 0.210 e. The number of ketones is 2. The van der Waals surface area contributed by atoms with Gasteiger partial charge in [0.05, 0.1) is 44.4 Å². The molecular weight excluding hydrogens is 817 g/mol. The van der Waals surface area contributed by atoms with Crippen LogP contribution in [-0.2, 0) is 4.74 Å². The molecule has 0 spiro atoms. The van der Waals surface area contributed by atoms with Gasteiger partial charge in [-0.25, -0.2) is 0 Å². The number of aromatic nitrogens is 2. The van der Waals surface area contributed by atoms with Crippen molar-refractivity contribution >= 4 is 88.7 Å². The normalized spacial score (nSPS) is 8.61. The second kappa shape index (κ2) is 37.7. The van der Waals surface area contributed by atoms with Crippen LogP contribution in [-0.4, -0.2) is 28.1 Å². The van der Waals surface area contributed by atoms with Gasteiger partial charge in [0.2, 0.25) is 10.9 Å². The number of allylic oxidation sites excluding steroid dienone is 2. The number of thiophene rings is 4. The third-order valence-electron chi connectivity index (χ3n) is 6.17. The fourth-order valence-electron chi connectivity index (χ4n) is 3.62. The minimum absolute atomic E-state index is 0. The molecule has 0 amide bonds. The summed E-state index contributed by atoms with van der Waals surface area (Å²) in [6.07, 6.45) is 6.71. The Balaban J connectivity index is -0.000000312. The predicted molar refractivity (Wildman–Crippen MR) is 269 cm³/mol. The molecule has 330 valence electrons. The van der Waals surface area contributed by atoms with E-state index in [0.29, 0.717) is 9.40 Å². The monoisotopic (exact) mass is 888 g/mol. The van der Waals surface area contributed by atoms with Gasteiger partial charge in [0, 0.05) is 34.0 Å². The molecule has 0 aromatic carbocycles. The van der Waals surface area contributed by atoms with Crippen LogP contribution in [0.2, 0.25) is 0 Å². The number of carbonyl (C=O) groups excluding carboxylic acids is 2. The molecule has 6 aromatic rings. The maximum atomic E-state index is 11.6. The van der Waals surface area contributed by atoms with Gasteiger partial charge in [-0.1, -0.05) is 68.4 Å². The molecule has 6 aromatic heterocycles. The number of nitrogens with two attached hydrogens (primary N) is 1. The van der Waals surface area contributed by atoms with E-state index in [9.17, 15) is 19.2 Å². The van der Waals surface area contributed by atoms with Crippen LogP contribution in [0.15, 0.2) is 96.8 Å². The number of Topliss-reactive ketones (excluding diaryl/α,β-unsaturated/α-hetero) is 2. The highest BCUT2D eigenvalue weighted by atomic mass is 32.1. The van der Waals surface area contributed by atoms with Crippen molar-refractivity contribution in [3.8, 4) is 0 Å². The molecule has 13 heteroatoms. The van der Waals surface area contributed by atoms with Crippen LogP contribution in [0.4, 0.5) is 11.4 Å². The molecule has 0 fully saturated rings. The Morgan fingerprint density at radius 2 is 1.14 bits per heavy atom. The first-order valence-corrected chi connectivity index (χ1v) is 23.0. The molecule has 9 nitrogen and oxygen atoms in total. The van der Waals surface area contributed by atoms with E-state index in [0.717, 1.165) is 23.3 Å². The molecule has 6 rings (SSSR count). The van der Waals surface area contributed by atoms with Gasteiger partial charge < -0.3 is 25.8 Å². The first-order chi connectivity index (χ1) is 27.8. The maximum Gasteiger partial charge on any atom is 0.210 e. The number of carbonyl (C=O) groups is 2. The van der Waals surface area contributed by atoms with E-state index in [1.165, 1.54) is 70.6 Å². The van der Waals surface area contributed by atoms with Crippen LogP contribution >= 0.6 is 45.3 Å². The fourth-order valence-corrected chi connectivity index (χ4v) is 6.46. The van der Waals surface area contributed by atoms with Gasteiger partial charge in [-0.2, -0.15) is 11.3 Å². The summed E-state index contributed by atoms with van der Waals surface area (Å²) in [7, 11) is 0. The summed E-state index contributed by atoms with van der Waals surface area (Å²) in [6, 6.07) is 7.63. The molecule has 0 radical (unpaired) electrons. The topological polar surface area (TPSA) is 147 Å². The highest BCUT2D eigenvalue weighted by Crippen LogP contribution is 2.17. The van der Waals surface area contributed by atoms with Gasteiger partial charge >= 0.3 is 0 Å². The molecule has 6 heterocycles. The lowest BCUT2D eigenvalue weighted by atomic mass is 10.2. The zero-order valence-corrected chi connectivity index (χ0v) is 40.7. The van der Waals surface area contributed by atoms with E-state index in [-0.39, 0.29) is 41.0 Å². The van der Waals surface area contributed by atoms with Gasteiger partial charge in [0.15, 0.2) is 11.6 Å². The number of nitrogen functional groups attached to an aromatic ring is 1. The molecule has 59 heavy (non-hydrogen) atoms. The van der Waals surface area contributed by atoms with E-state index < -0.39 is 0 Å². The van der Waals surface area contributed by atoms with E-state index >= 15 is 0 Å². The average Bonchev–Trinajstić information content (AvgIpc) is 4.07. The van der Waals surface area contributed by atoms with Crippen LogP contribution in [0, 0.1) is 6.92 Å². The van der Waals surface area contributed by atoms with E-state index in [1.54, 1.807) is 28.9 Å². The van der Waals surface area contributed by atoms with Crippen LogP contribution in [0.3, 0.4) is 0 Å². The number of hydrogen-bond acceptors (Lipinski definition) is 11. The van der Waals surface area contributed by atoms with Gasteiger partial charge in [0.25, 0.3) is 0 Å². The summed E-state index contributed by atoms with van der Waals surface area (Å²) in [5.41, 5.74) is 11.7. The quantitative estimate of drug-likeness (QED) is 0.0961. The predicted octanol–water partition coefficient (Wildman–Crippen LogP) is 15.0. The minimum Gasteiger partial charge on any atom is -0.502 e. The lowest BCUT2D eigenvalue weighted by Crippen LogP contribution is -2.12. The van der Waals surface area contributed by atoms with Crippen LogP contribution in [0.5, 0.6) is 0 Å².